The second-order valence-corrected chi connectivity index (χ2v) is 29.6. The number of aliphatic hydroxyl groups excluding tert-OH is 1. The van der Waals surface area contributed by atoms with Crippen LogP contribution >= 0.6 is 0 Å². The number of benzene rings is 4. The minimum absolute atomic E-state index is 0.00584. The van der Waals surface area contributed by atoms with Crippen molar-refractivity contribution in [1.82, 2.24) is 31.1 Å². The van der Waals surface area contributed by atoms with E-state index in [4.69, 9.17) is 34.2 Å². The van der Waals surface area contributed by atoms with Gasteiger partial charge < -0.3 is 80.8 Å². The molecular weight excluding hydrogens is 1400 g/mol. The van der Waals surface area contributed by atoms with Crippen molar-refractivity contribution in [3.63, 3.8) is 0 Å². The maximum Gasteiger partial charge on any atom is 0.410 e. The van der Waals surface area contributed by atoms with Gasteiger partial charge in [-0.25, -0.2) is 19.2 Å². The average Bonchev–Trinajstić information content (AvgIpc) is 0.668. The van der Waals surface area contributed by atoms with Crippen molar-refractivity contribution in [1.29, 1.82) is 0 Å². The van der Waals surface area contributed by atoms with Gasteiger partial charge in [-0.3, -0.25) is 43.2 Å². The number of anilines is 1. The third-order valence-electron chi connectivity index (χ3n) is 21.3. The van der Waals surface area contributed by atoms with Crippen molar-refractivity contribution < 1.29 is 101 Å². The van der Waals surface area contributed by atoms with Crippen molar-refractivity contribution >= 4 is 82.8 Å². The first kappa shape index (κ1) is 83.3. The first-order chi connectivity index (χ1) is 50.9. The third-order valence-corrected chi connectivity index (χ3v) is 21.3. The number of primary amides is 1. The highest BCUT2D eigenvalue weighted by Crippen LogP contribution is 2.66. The first-order valence-electron chi connectivity index (χ1n) is 36.1. The number of urea groups is 1. The minimum Gasteiger partial charge on any atom is -0.455 e. The van der Waals surface area contributed by atoms with E-state index in [2.05, 4.69) is 26.6 Å². The number of amides is 8. The largest absolute Gasteiger partial charge is 0.455 e. The van der Waals surface area contributed by atoms with Gasteiger partial charge in [0.2, 0.25) is 23.8 Å². The molecule has 108 heavy (non-hydrogen) atoms. The molecule has 29 nitrogen and oxygen atoms in total. The summed E-state index contributed by atoms with van der Waals surface area (Å²) in [6.45, 7) is 14.3. The molecule has 0 radical (unpaired) electrons. The number of nitrogens with zero attached hydrogens (tertiary/aromatic N) is 2. The molecule has 0 spiro atoms. The number of aliphatic hydroxyl groups is 2. The second kappa shape index (κ2) is 35.6. The molecule has 4 aromatic carbocycles. The topological polar surface area (TPSA) is 410 Å². The SMILES string of the molecule is CC(=O)O[C@H]1C(=O)[C@@]2(C)[C@H]([C@H](CC(=O)c3ccccc3)[C@]3(O)C[C@H](OC(=O)[C@H](OC(=O)N(C)CCN(C)C(=O)OCc4ccc(NC(=O)[C@H](CCCNC(N)=O)NC(=O)[C@@H](NC(=O)CCC(=O)C(C)C)C(C)C)cc4)[C@@H](NC(=O)c4ccccc4)c4ccccc4)C(C)=C1C3(C)C)[C@]1(OC(C)=O)CO[C@@H]1C[C@@H]2O. The molecule has 1 saturated heterocycles. The zero-order chi connectivity index (χ0) is 79.3. The number of carbonyl (C=O) groups is 13. The van der Waals surface area contributed by atoms with Crippen molar-refractivity contribution in [3.8, 4) is 0 Å². The molecule has 2 bridgehead atoms. The number of ether oxygens (including phenoxy) is 6. The number of rotatable bonds is 31. The lowest BCUT2D eigenvalue weighted by atomic mass is 9.42. The van der Waals surface area contributed by atoms with Crippen LogP contribution in [0.25, 0.3) is 0 Å². The molecule has 29 heteroatoms. The highest BCUT2D eigenvalue weighted by Gasteiger charge is 2.77. The van der Waals surface area contributed by atoms with Gasteiger partial charge in [-0.15, -0.1) is 0 Å². The van der Waals surface area contributed by atoms with Crippen LogP contribution in [0.1, 0.15) is 152 Å². The van der Waals surface area contributed by atoms with E-state index in [0.717, 1.165) is 23.6 Å². The van der Waals surface area contributed by atoms with E-state index in [-0.39, 0.29) is 104 Å². The van der Waals surface area contributed by atoms with Gasteiger partial charge in [-0.2, -0.15) is 0 Å². The maximum atomic E-state index is 16.0. The van der Waals surface area contributed by atoms with Gasteiger partial charge in [0, 0.05) is 120 Å². The predicted molar refractivity (Wildman–Crippen MR) is 390 cm³/mol. The Hall–Kier alpha value is -10.4. The number of ketones is 3. The first-order valence-corrected chi connectivity index (χ1v) is 36.1. The van der Waals surface area contributed by atoms with Gasteiger partial charge in [0.1, 0.15) is 42.7 Å². The molecule has 9 N–H and O–H groups in total. The van der Waals surface area contributed by atoms with Crippen LogP contribution in [-0.2, 0) is 73.4 Å². The zero-order valence-electron chi connectivity index (χ0n) is 63.0. The van der Waals surface area contributed by atoms with Crippen molar-refractivity contribution in [2.24, 2.45) is 40.2 Å². The Balaban J connectivity index is 1.03. The molecule has 8 rings (SSSR count). The zero-order valence-corrected chi connectivity index (χ0v) is 63.0. The number of carbonyl (C=O) groups excluding carboxylic acids is 13. The van der Waals surface area contributed by atoms with Crippen LogP contribution in [0.15, 0.2) is 126 Å². The monoisotopic (exact) mass is 1500 g/mol. The lowest BCUT2D eigenvalue weighted by molar-refractivity contribution is -0.339. The van der Waals surface area contributed by atoms with Crippen molar-refractivity contribution in [2.75, 3.05) is 45.7 Å². The van der Waals surface area contributed by atoms with Gasteiger partial charge in [0.05, 0.1) is 23.7 Å². The number of hydrogen-bond acceptors (Lipinski definition) is 21. The molecule has 8 amide bonds. The molecule has 3 aliphatic carbocycles. The van der Waals surface area contributed by atoms with Gasteiger partial charge in [0.15, 0.2) is 23.3 Å². The molecule has 4 aliphatic rings. The number of esters is 3. The summed E-state index contributed by atoms with van der Waals surface area (Å²) in [5, 5.41) is 40.2. The highest BCUT2D eigenvalue weighted by atomic mass is 16.6. The summed E-state index contributed by atoms with van der Waals surface area (Å²) in [7, 11) is 2.73. The fourth-order valence-electron chi connectivity index (χ4n) is 15.1. The van der Waals surface area contributed by atoms with Crippen LogP contribution in [0, 0.1) is 34.5 Å². The number of Topliss-reactive ketones (excluding diaryl/α,β-unsaturated/α-hetero) is 3. The third kappa shape index (κ3) is 18.9. The molecule has 2 saturated carbocycles. The Bertz CT molecular complexity index is 4020. The Morgan fingerprint density at radius 2 is 1.33 bits per heavy atom. The molecule has 1 heterocycles. The molecule has 0 aromatic heterocycles. The van der Waals surface area contributed by atoms with Crippen LogP contribution in [-0.4, -0.2) is 191 Å². The fourth-order valence-corrected chi connectivity index (χ4v) is 15.1. The van der Waals surface area contributed by atoms with E-state index in [1.165, 1.54) is 52.2 Å². The molecule has 0 unspecified atom stereocenters. The Labute approximate surface area is 627 Å². The number of nitrogens with two attached hydrogens (primary N) is 1. The minimum atomic E-state index is -2.35. The van der Waals surface area contributed by atoms with E-state index < -0.39 is 173 Å². The van der Waals surface area contributed by atoms with E-state index in [1.54, 1.807) is 133 Å². The summed E-state index contributed by atoms with van der Waals surface area (Å²) in [4.78, 5) is 182. The molecule has 3 fully saturated rings. The quantitative estimate of drug-likeness (QED) is 0.00847. The average molecular weight is 1500 g/mol. The number of fused-ring (bicyclic) bond motifs is 5. The standard InChI is InChI=1S/C79H100N8O21/c1-44(2)56(90)34-35-61(93)84-63(45(3)4)71(97)83-55(29-22-36-81-73(80)99)70(96)82-53-32-30-49(31-33-53)42-103-74(100)86(11)37-38-87(12)75(101)107-66(64(51-25-18-14-19-26-51)85-69(95)52-27-20-15-21-28-52)72(98)106-58-41-79(102)54(39-57(91)50-23-16-13-17-24-50)67-77(10,59(92)40-60-78(67,43-104-60)108-48(7)89)68(94)65(105-47(6)88)62(46(58)5)76(79,8)9/h13-21,23-28,30-33,44-45,54-55,58-60,63-67,92,102H,22,29,34-43H2,1-12H3,(H,82,96)(H,83,97)(H,84,93)(H,85,95)(H3,80,81,99)/t54-,55-,58-,59-,60+,63-,64-,65+,66+,67-,77+,78-,79+/m0/s1. The summed E-state index contributed by atoms with van der Waals surface area (Å²) in [5.41, 5.74) is -1.17. The van der Waals surface area contributed by atoms with Crippen molar-refractivity contribution in [3.05, 3.63) is 149 Å². The fraction of sp³-hybridized carbons (Fsp3) is 0.506. The van der Waals surface area contributed by atoms with Gasteiger partial charge >= 0.3 is 36.1 Å². The Morgan fingerprint density at radius 1 is 0.731 bits per heavy atom. The van der Waals surface area contributed by atoms with Gasteiger partial charge in [0.25, 0.3) is 5.91 Å². The van der Waals surface area contributed by atoms with Crippen molar-refractivity contribution in [2.45, 2.75) is 181 Å². The normalized spacial score (nSPS) is 23.6. The lowest BCUT2D eigenvalue weighted by Crippen LogP contribution is -2.80. The summed E-state index contributed by atoms with van der Waals surface area (Å²) < 4.78 is 36.6. The lowest BCUT2D eigenvalue weighted by Gasteiger charge is -2.68. The van der Waals surface area contributed by atoms with E-state index in [9.17, 15) is 63.0 Å². The molecule has 1 aliphatic heterocycles. The Morgan fingerprint density at radius 3 is 1.90 bits per heavy atom. The van der Waals surface area contributed by atoms with Crippen LogP contribution in [0.3, 0.4) is 0 Å². The summed E-state index contributed by atoms with van der Waals surface area (Å²) in [5.74, 6) is -10.6. The van der Waals surface area contributed by atoms with Crippen LogP contribution in [0.2, 0.25) is 0 Å². The molecular formula is C79H100N8O21. The second-order valence-electron chi connectivity index (χ2n) is 29.6. The maximum absolute atomic E-state index is 16.0. The number of nitrogens with one attached hydrogen (secondary N) is 5. The summed E-state index contributed by atoms with van der Waals surface area (Å²) in [6, 6.07) is 25.8. The summed E-state index contributed by atoms with van der Waals surface area (Å²) in [6.07, 6.45) is -11.5. The van der Waals surface area contributed by atoms with E-state index >= 15 is 9.59 Å². The van der Waals surface area contributed by atoms with Gasteiger partial charge in [-0.05, 0) is 79.1 Å². The van der Waals surface area contributed by atoms with E-state index in [1.807, 2.05) is 0 Å². The number of hydrogen-bond donors (Lipinski definition) is 8. The van der Waals surface area contributed by atoms with Gasteiger partial charge in [-0.1, -0.05) is 133 Å². The summed E-state index contributed by atoms with van der Waals surface area (Å²) >= 11 is 0. The predicted octanol–water partition coefficient (Wildman–Crippen LogP) is 6.76. The van der Waals surface area contributed by atoms with E-state index in [0.29, 0.717) is 11.3 Å². The molecule has 4 aromatic rings. The smallest absolute Gasteiger partial charge is 0.410 e. The molecule has 582 valence electrons. The van der Waals surface area contributed by atoms with Crippen LogP contribution in [0.5, 0.6) is 0 Å². The van der Waals surface area contributed by atoms with Crippen LogP contribution in [0.4, 0.5) is 20.1 Å². The molecule has 13 atom stereocenters. The Kier molecular flexibility index (Phi) is 27.4. The van der Waals surface area contributed by atoms with Crippen LogP contribution < -0.4 is 32.3 Å². The highest BCUT2D eigenvalue weighted by molar-refractivity contribution is 6.00. The number of likely N-dealkylation sites (N-methyl/N-ethyl adjacent to an activating group) is 2.